The van der Waals surface area contributed by atoms with Crippen LogP contribution < -0.4 is 9.47 Å². The van der Waals surface area contributed by atoms with E-state index >= 15 is 0 Å². The summed E-state index contributed by atoms with van der Waals surface area (Å²) < 4.78 is 14.2. The van der Waals surface area contributed by atoms with Gasteiger partial charge in [0.2, 0.25) is 0 Å². The summed E-state index contributed by atoms with van der Waals surface area (Å²) in [6.07, 6.45) is 0. The van der Waals surface area contributed by atoms with E-state index in [1.165, 1.54) is 121 Å². The Morgan fingerprint density at radius 1 is 0.220 bits per heavy atom. The molecule has 0 radical (unpaired) electrons. The van der Waals surface area contributed by atoms with Crippen molar-refractivity contribution in [2.24, 2.45) is 0 Å². The summed E-state index contributed by atoms with van der Waals surface area (Å²) in [5.41, 5.74) is 24.8. The van der Waals surface area contributed by atoms with Gasteiger partial charge in [0.05, 0.1) is 0 Å². The van der Waals surface area contributed by atoms with Crippen LogP contribution in [0.25, 0.3) is 143 Å². The van der Waals surface area contributed by atoms with Gasteiger partial charge >= 0.3 is 0 Å². The molecule has 0 atom stereocenters. The third-order valence-corrected chi connectivity index (χ3v) is 19.3. The van der Waals surface area contributed by atoms with E-state index in [4.69, 9.17) is 9.47 Å². The highest BCUT2D eigenvalue weighted by Crippen LogP contribution is 2.58. The second kappa shape index (κ2) is 16.3. The maximum absolute atomic E-state index is 7.08. The Balaban J connectivity index is 0.733. The molecule has 2 heterocycles. The Kier molecular flexibility index (Phi) is 9.11. The van der Waals surface area contributed by atoms with Crippen LogP contribution in [0.3, 0.4) is 0 Å². The number of hydrogen-bond acceptors (Lipinski definition) is 2. The number of benzene rings is 14. The summed E-state index contributed by atoms with van der Waals surface area (Å²) in [5, 5.41) is 12.0. The lowest BCUT2D eigenvalue weighted by Gasteiger charge is -2.28. The molecule has 0 N–H and O–H groups in total. The van der Waals surface area contributed by atoms with Crippen LogP contribution in [0.1, 0.15) is 49.9 Å². The molecule has 384 valence electrons. The minimum absolute atomic E-state index is 0.0978. The fraction of sp³-hybridized carbons (Fsp3) is 0.0750. The van der Waals surface area contributed by atoms with E-state index in [9.17, 15) is 0 Å². The largest absolute Gasteiger partial charge is 0.456 e. The molecule has 0 saturated heterocycles. The van der Waals surface area contributed by atoms with E-state index in [1.54, 1.807) is 0 Å². The van der Waals surface area contributed by atoms with Gasteiger partial charge in [0.15, 0.2) is 0 Å². The fourth-order valence-corrected chi connectivity index (χ4v) is 15.5. The molecule has 0 bridgehead atoms. The summed E-state index contributed by atoms with van der Waals surface area (Å²) in [4.78, 5) is 0. The lowest BCUT2D eigenvalue weighted by Crippen LogP contribution is -2.14. The fourth-order valence-electron chi connectivity index (χ4n) is 15.5. The third kappa shape index (κ3) is 6.08. The molecule has 0 fully saturated rings. The molecule has 14 aromatic carbocycles. The van der Waals surface area contributed by atoms with Crippen molar-refractivity contribution in [3.05, 3.63) is 265 Å². The quantitative estimate of drug-likeness (QED) is 0.164. The van der Waals surface area contributed by atoms with Gasteiger partial charge in [-0.3, -0.25) is 0 Å². The minimum Gasteiger partial charge on any atom is -0.456 e. The van der Waals surface area contributed by atoms with E-state index in [0.717, 1.165) is 67.2 Å². The molecule has 2 aliphatic carbocycles. The standard InChI is InChI=1S/C80H52O2/c1-79(2)65-27-15-13-17-49(65)51-33-29-45(41-67(51)79)73-55-19-5-9-23-59(55)75(60-24-10-6-20-56(60)73)47-31-35-53-63-37-38-64-54-36-32-48(44-72(54)82-70-40-39-69(77(63)78(64)70)81-71(53)43-47)76-61-25-11-7-21-57(61)74(58-22-8-12-26-62(58)76)46-30-34-52-50-18-14-16-28-66(50)80(3,4)68(52)42-46/h5-44H,1-4H3. The van der Waals surface area contributed by atoms with Gasteiger partial charge in [-0.25, -0.2) is 0 Å². The van der Waals surface area contributed by atoms with Crippen LogP contribution in [-0.2, 0) is 10.8 Å². The lowest BCUT2D eigenvalue weighted by atomic mass is 9.80. The van der Waals surface area contributed by atoms with Crippen molar-refractivity contribution >= 4 is 53.9 Å². The topological polar surface area (TPSA) is 18.5 Å². The Morgan fingerprint density at radius 3 is 0.829 bits per heavy atom. The summed E-state index contributed by atoms with van der Waals surface area (Å²) in [6, 6.07) is 90.4. The van der Waals surface area contributed by atoms with Gasteiger partial charge in [0.1, 0.15) is 23.0 Å². The van der Waals surface area contributed by atoms with Crippen LogP contribution in [0.15, 0.2) is 243 Å². The smallest absolute Gasteiger partial charge is 0.136 e. The van der Waals surface area contributed by atoms with Crippen molar-refractivity contribution in [2.45, 2.75) is 38.5 Å². The molecule has 14 aromatic rings. The first-order valence-corrected chi connectivity index (χ1v) is 28.8. The molecule has 0 amide bonds. The van der Waals surface area contributed by atoms with E-state index in [-0.39, 0.29) is 10.8 Å². The van der Waals surface area contributed by atoms with Crippen molar-refractivity contribution in [1.29, 1.82) is 0 Å². The summed E-state index contributed by atoms with van der Waals surface area (Å²) >= 11 is 0. The highest BCUT2D eigenvalue weighted by molar-refractivity contribution is 6.24. The van der Waals surface area contributed by atoms with Gasteiger partial charge in [0.25, 0.3) is 0 Å². The average Bonchev–Trinajstić information content (AvgIpc) is 2.35. The molecule has 2 aliphatic heterocycles. The average molecular weight is 1050 g/mol. The highest BCUT2D eigenvalue weighted by Gasteiger charge is 2.38. The number of hydrogen-bond donors (Lipinski definition) is 0. The molecule has 82 heavy (non-hydrogen) atoms. The van der Waals surface area contributed by atoms with Crippen molar-refractivity contribution in [3.63, 3.8) is 0 Å². The molecule has 0 spiro atoms. The monoisotopic (exact) mass is 1040 g/mol. The van der Waals surface area contributed by atoms with Crippen molar-refractivity contribution in [2.75, 3.05) is 0 Å². The van der Waals surface area contributed by atoms with Crippen LogP contribution in [0.2, 0.25) is 0 Å². The number of fused-ring (bicyclic) bond motifs is 14. The van der Waals surface area contributed by atoms with Gasteiger partial charge in [-0.05, 0) is 192 Å². The van der Waals surface area contributed by atoms with Gasteiger partial charge in [-0.15, -0.1) is 0 Å². The first-order chi connectivity index (χ1) is 40.2. The molecule has 0 unspecified atom stereocenters. The van der Waals surface area contributed by atoms with Gasteiger partial charge in [-0.1, -0.05) is 222 Å². The van der Waals surface area contributed by atoms with Crippen LogP contribution in [0, 0.1) is 0 Å². The van der Waals surface area contributed by atoms with E-state index in [2.05, 4.69) is 270 Å². The predicted molar refractivity (Wildman–Crippen MR) is 342 cm³/mol. The maximum atomic E-state index is 7.08. The third-order valence-electron chi connectivity index (χ3n) is 19.3. The second-order valence-electron chi connectivity index (χ2n) is 24.1. The van der Waals surface area contributed by atoms with Gasteiger partial charge < -0.3 is 9.47 Å². The lowest BCUT2D eigenvalue weighted by molar-refractivity contribution is 0.475. The SMILES string of the molecule is CC1(C)c2ccccc2-c2ccc(-c3c4ccccc4c(-c4ccc5c(c4)Oc4ccc6c7c(ccc-5c47)-c4ccc(-c5c7ccccc7c(-c7ccc8c(c7)C(C)(C)c7ccccc7-8)c7ccccc57)cc4O6)c4ccccc34)cc21. The highest BCUT2D eigenvalue weighted by atomic mass is 16.5. The first-order valence-electron chi connectivity index (χ1n) is 28.8. The zero-order chi connectivity index (χ0) is 54.3. The molecule has 2 heteroatoms. The van der Waals surface area contributed by atoms with Crippen LogP contribution in [0.4, 0.5) is 0 Å². The first kappa shape index (κ1) is 45.8. The number of rotatable bonds is 4. The van der Waals surface area contributed by atoms with Crippen molar-refractivity contribution < 1.29 is 9.47 Å². The van der Waals surface area contributed by atoms with Crippen LogP contribution in [0.5, 0.6) is 23.0 Å². The Morgan fingerprint density at radius 2 is 0.488 bits per heavy atom. The molecule has 0 aromatic heterocycles. The molecule has 4 aliphatic rings. The maximum Gasteiger partial charge on any atom is 0.136 e. The Hall–Kier alpha value is -10.0. The Bertz CT molecular complexity index is 4780. The van der Waals surface area contributed by atoms with Crippen molar-refractivity contribution in [1.82, 2.24) is 0 Å². The molecule has 18 rings (SSSR count). The van der Waals surface area contributed by atoms with Crippen LogP contribution in [-0.4, -0.2) is 0 Å². The van der Waals surface area contributed by atoms with E-state index in [1.807, 2.05) is 0 Å². The number of ether oxygens (including phenoxy) is 2. The van der Waals surface area contributed by atoms with Crippen LogP contribution >= 0.6 is 0 Å². The van der Waals surface area contributed by atoms with Crippen molar-refractivity contribution in [3.8, 4) is 112 Å². The summed E-state index contributed by atoms with van der Waals surface area (Å²) in [5.74, 6) is 3.38. The zero-order valence-electron chi connectivity index (χ0n) is 45.9. The van der Waals surface area contributed by atoms with Gasteiger partial charge in [0, 0.05) is 32.7 Å². The zero-order valence-corrected chi connectivity index (χ0v) is 45.9. The molecular formula is C80H52O2. The second-order valence-corrected chi connectivity index (χ2v) is 24.1. The minimum atomic E-state index is -0.0978. The van der Waals surface area contributed by atoms with E-state index < -0.39 is 0 Å². The predicted octanol–water partition coefficient (Wildman–Crippen LogP) is 22.3. The summed E-state index contributed by atoms with van der Waals surface area (Å²) in [6.45, 7) is 9.46. The van der Waals surface area contributed by atoms with E-state index in [0.29, 0.717) is 0 Å². The molecule has 0 saturated carbocycles. The van der Waals surface area contributed by atoms with Gasteiger partial charge in [-0.2, -0.15) is 0 Å². The summed E-state index contributed by atoms with van der Waals surface area (Å²) in [7, 11) is 0. The molecule has 2 nitrogen and oxygen atoms in total. The molecular weight excluding hydrogens is 993 g/mol. The Labute approximate surface area is 476 Å². The normalized spacial score (nSPS) is 14.2.